The van der Waals surface area contributed by atoms with Crippen LogP contribution in [-0.2, 0) is 0 Å². The molecule has 0 radical (unpaired) electrons. The number of nitrogens with one attached hydrogen (secondary N) is 1. The summed E-state index contributed by atoms with van der Waals surface area (Å²) in [4.78, 5) is 2.03. The summed E-state index contributed by atoms with van der Waals surface area (Å²) in [6.07, 6.45) is 3.69. The fraction of sp³-hybridized carbons (Fsp3) is 0.857. The van der Waals surface area contributed by atoms with E-state index in [1.807, 2.05) is 4.90 Å². The third-order valence-electron chi connectivity index (χ3n) is 1.20. The molecular formula is C7H16N2. The van der Waals surface area contributed by atoms with Crippen molar-refractivity contribution in [3.8, 4) is 0 Å². The molecular weight excluding hydrogens is 112 g/mol. The highest BCUT2D eigenvalue weighted by molar-refractivity contribution is 5.50. The van der Waals surface area contributed by atoms with Gasteiger partial charge in [-0.2, -0.15) is 0 Å². The molecule has 0 aliphatic rings. The number of nitrogens with zero attached hydrogens (tertiary/aromatic N) is 1. The van der Waals surface area contributed by atoms with Gasteiger partial charge in [0.25, 0.3) is 0 Å². The molecule has 9 heavy (non-hydrogen) atoms. The van der Waals surface area contributed by atoms with Crippen molar-refractivity contribution < 1.29 is 0 Å². The van der Waals surface area contributed by atoms with Gasteiger partial charge in [0.05, 0.1) is 6.34 Å². The lowest BCUT2D eigenvalue weighted by molar-refractivity contribution is 0.426. The van der Waals surface area contributed by atoms with Gasteiger partial charge in [-0.05, 0) is 12.8 Å². The minimum absolute atomic E-state index is 1.03. The van der Waals surface area contributed by atoms with Gasteiger partial charge in [-0.15, -0.1) is 0 Å². The van der Waals surface area contributed by atoms with Gasteiger partial charge >= 0.3 is 0 Å². The van der Waals surface area contributed by atoms with Gasteiger partial charge < -0.3 is 4.90 Å². The fourth-order valence-electron chi connectivity index (χ4n) is 0.815. The number of hydrogen-bond donors (Lipinski definition) is 1. The summed E-state index contributed by atoms with van der Waals surface area (Å²) in [5.74, 6) is 0. The molecule has 0 amide bonds. The van der Waals surface area contributed by atoms with Gasteiger partial charge in [0.2, 0.25) is 0 Å². The van der Waals surface area contributed by atoms with Gasteiger partial charge in [-0.25, -0.2) is 0 Å². The smallest absolute Gasteiger partial charge is 0.0817 e. The summed E-state index contributed by atoms with van der Waals surface area (Å²) >= 11 is 0. The Labute approximate surface area is 57.4 Å². The minimum Gasteiger partial charge on any atom is -0.363 e. The Balaban J connectivity index is 3.29. The summed E-state index contributed by atoms with van der Waals surface area (Å²) in [5, 5.41) is 6.97. The Kier molecular flexibility index (Phi) is 5.27. The molecule has 0 aromatic carbocycles. The van der Waals surface area contributed by atoms with E-state index in [2.05, 4.69) is 13.8 Å². The highest BCUT2D eigenvalue weighted by Gasteiger charge is 1.92. The zero-order chi connectivity index (χ0) is 7.11. The van der Waals surface area contributed by atoms with E-state index in [0.717, 1.165) is 25.9 Å². The number of rotatable bonds is 5. The molecule has 0 heterocycles. The first-order valence-electron chi connectivity index (χ1n) is 3.59. The van der Waals surface area contributed by atoms with Crippen LogP contribution in [0.15, 0.2) is 0 Å². The fourth-order valence-corrected chi connectivity index (χ4v) is 0.815. The highest BCUT2D eigenvalue weighted by Crippen LogP contribution is 1.88. The molecule has 0 saturated carbocycles. The second-order valence-electron chi connectivity index (χ2n) is 2.17. The minimum atomic E-state index is 1.03. The molecule has 2 nitrogen and oxygen atoms in total. The molecule has 0 unspecified atom stereocenters. The van der Waals surface area contributed by atoms with Gasteiger partial charge in [0.15, 0.2) is 0 Å². The van der Waals surface area contributed by atoms with Crippen LogP contribution < -0.4 is 0 Å². The summed E-state index contributed by atoms with van der Waals surface area (Å²) < 4.78 is 0. The van der Waals surface area contributed by atoms with Gasteiger partial charge in [-0.1, -0.05) is 13.8 Å². The van der Waals surface area contributed by atoms with Crippen LogP contribution in [0, 0.1) is 5.41 Å². The van der Waals surface area contributed by atoms with Crippen LogP contribution >= 0.6 is 0 Å². The summed E-state index contributed by atoms with van der Waals surface area (Å²) in [6, 6.07) is 0. The van der Waals surface area contributed by atoms with E-state index in [4.69, 9.17) is 5.41 Å². The van der Waals surface area contributed by atoms with Crippen molar-refractivity contribution in [3.05, 3.63) is 0 Å². The molecule has 1 N–H and O–H groups in total. The SMILES string of the molecule is CCCN(C=N)CCC. The lowest BCUT2D eigenvalue weighted by Crippen LogP contribution is -2.22. The zero-order valence-corrected chi connectivity index (χ0v) is 6.35. The molecule has 0 aliphatic carbocycles. The predicted molar refractivity (Wildman–Crippen MR) is 40.9 cm³/mol. The third kappa shape index (κ3) is 4.01. The Hall–Kier alpha value is -0.530. The standard InChI is InChI=1S/C7H16N2/c1-3-5-9(7-8)6-4-2/h7-8H,3-6H2,1-2H3. The van der Waals surface area contributed by atoms with Crippen LogP contribution in [0.3, 0.4) is 0 Å². The quantitative estimate of drug-likeness (QED) is 0.443. The van der Waals surface area contributed by atoms with Crippen molar-refractivity contribution in [1.29, 1.82) is 5.41 Å². The van der Waals surface area contributed by atoms with E-state index in [-0.39, 0.29) is 0 Å². The van der Waals surface area contributed by atoms with E-state index >= 15 is 0 Å². The molecule has 0 atom stereocenters. The normalized spacial score (nSPS) is 9.11. The Morgan fingerprint density at radius 2 is 1.67 bits per heavy atom. The monoisotopic (exact) mass is 128 g/mol. The lowest BCUT2D eigenvalue weighted by Gasteiger charge is -2.15. The molecule has 0 aromatic heterocycles. The third-order valence-corrected chi connectivity index (χ3v) is 1.20. The molecule has 0 aliphatic heterocycles. The van der Waals surface area contributed by atoms with Crippen molar-refractivity contribution in [2.45, 2.75) is 26.7 Å². The second-order valence-corrected chi connectivity index (χ2v) is 2.17. The molecule has 0 saturated heterocycles. The largest absolute Gasteiger partial charge is 0.363 e. The highest BCUT2D eigenvalue weighted by atomic mass is 15.1. The van der Waals surface area contributed by atoms with Gasteiger partial charge in [-0.3, -0.25) is 5.41 Å². The molecule has 2 heteroatoms. The van der Waals surface area contributed by atoms with E-state index in [0.29, 0.717) is 0 Å². The van der Waals surface area contributed by atoms with E-state index in [1.165, 1.54) is 6.34 Å². The molecule has 0 aromatic rings. The molecule has 0 fully saturated rings. The number of hydrogen-bond acceptors (Lipinski definition) is 1. The molecule has 0 bridgehead atoms. The van der Waals surface area contributed by atoms with Gasteiger partial charge in [0.1, 0.15) is 0 Å². The van der Waals surface area contributed by atoms with Crippen molar-refractivity contribution in [2.24, 2.45) is 0 Å². The summed E-state index contributed by atoms with van der Waals surface area (Å²) in [5.41, 5.74) is 0. The van der Waals surface area contributed by atoms with Crippen LogP contribution in [0.4, 0.5) is 0 Å². The molecule has 54 valence electrons. The van der Waals surface area contributed by atoms with Crippen LogP contribution in [0.1, 0.15) is 26.7 Å². The molecule has 0 rings (SSSR count). The van der Waals surface area contributed by atoms with E-state index < -0.39 is 0 Å². The predicted octanol–water partition coefficient (Wildman–Crippen LogP) is 1.72. The van der Waals surface area contributed by atoms with E-state index in [9.17, 15) is 0 Å². The Morgan fingerprint density at radius 3 is 1.89 bits per heavy atom. The first-order chi connectivity index (χ1) is 4.35. The average molecular weight is 128 g/mol. The topological polar surface area (TPSA) is 27.1 Å². The van der Waals surface area contributed by atoms with Crippen molar-refractivity contribution >= 4 is 6.34 Å². The van der Waals surface area contributed by atoms with Crippen LogP contribution in [0.25, 0.3) is 0 Å². The van der Waals surface area contributed by atoms with Crippen molar-refractivity contribution in [2.75, 3.05) is 13.1 Å². The maximum atomic E-state index is 6.97. The first-order valence-corrected chi connectivity index (χ1v) is 3.59. The maximum absolute atomic E-state index is 6.97. The summed E-state index contributed by atoms with van der Waals surface area (Å²) in [6.45, 7) is 6.31. The van der Waals surface area contributed by atoms with Gasteiger partial charge in [0, 0.05) is 13.1 Å². The lowest BCUT2D eigenvalue weighted by atomic mass is 10.4. The van der Waals surface area contributed by atoms with Crippen LogP contribution in [0.2, 0.25) is 0 Å². The Morgan fingerprint density at radius 1 is 1.22 bits per heavy atom. The summed E-state index contributed by atoms with van der Waals surface area (Å²) in [7, 11) is 0. The van der Waals surface area contributed by atoms with E-state index in [1.54, 1.807) is 0 Å². The Bertz CT molecular complexity index is 65.3. The zero-order valence-electron chi connectivity index (χ0n) is 6.35. The second kappa shape index (κ2) is 5.60. The maximum Gasteiger partial charge on any atom is 0.0817 e. The molecule has 0 spiro atoms. The first kappa shape index (κ1) is 8.47. The average Bonchev–Trinajstić information content (AvgIpc) is 1.88. The van der Waals surface area contributed by atoms with Crippen LogP contribution in [-0.4, -0.2) is 24.3 Å². The van der Waals surface area contributed by atoms with Crippen LogP contribution in [0.5, 0.6) is 0 Å². The van der Waals surface area contributed by atoms with Crippen molar-refractivity contribution in [1.82, 2.24) is 4.90 Å². The van der Waals surface area contributed by atoms with Crippen molar-refractivity contribution in [3.63, 3.8) is 0 Å².